The largest absolute Gasteiger partial charge is 0.341 e. The number of benzene rings is 1. The molecule has 2 aliphatic carbocycles. The molecule has 1 saturated carbocycles. The van der Waals surface area contributed by atoms with Crippen LogP contribution in [0.2, 0.25) is 0 Å². The van der Waals surface area contributed by atoms with Crippen molar-refractivity contribution in [1.29, 1.82) is 0 Å². The highest BCUT2D eigenvalue weighted by molar-refractivity contribution is 7.12. The van der Waals surface area contributed by atoms with E-state index in [2.05, 4.69) is 29.8 Å². The molecule has 2 unspecified atom stereocenters. The van der Waals surface area contributed by atoms with E-state index in [4.69, 9.17) is 0 Å². The van der Waals surface area contributed by atoms with Crippen LogP contribution in [0.15, 0.2) is 18.2 Å². The van der Waals surface area contributed by atoms with Crippen LogP contribution >= 0.6 is 11.3 Å². The maximum absolute atomic E-state index is 13.8. The summed E-state index contributed by atoms with van der Waals surface area (Å²) in [5.74, 6) is -0.0339. The average Bonchev–Trinajstić information content (AvgIpc) is 3.61. The molecule has 1 aromatic heterocycles. The molecule has 6 amide bonds. The van der Waals surface area contributed by atoms with E-state index >= 15 is 0 Å². The van der Waals surface area contributed by atoms with E-state index in [1.807, 2.05) is 11.0 Å². The van der Waals surface area contributed by atoms with Gasteiger partial charge in [-0.2, -0.15) is 0 Å². The first-order valence-corrected chi connectivity index (χ1v) is 14.2. The van der Waals surface area contributed by atoms with E-state index < -0.39 is 11.6 Å². The second-order valence-electron chi connectivity index (χ2n) is 11.0. The number of amides is 6. The minimum Gasteiger partial charge on any atom is -0.341 e. The molecule has 3 N–H and O–H groups in total. The second-order valence-corrected chi connectivity index (χ2v) is 12.3. The zero-order chi connectivity index (χ0) is 26.8. The van der Waals surface area contributed by atoms with Crippen LogP contribution in [0.25, 0.3) is 0 Å². The van der Waals surface area contributed by atoms with Crippen molar-refractivity contribution in [3.63, 3.8) is 0 Å². The highest BCUT2D eigenvalue weighted by Gasteiger charge is 2.56. The summed E-state index contributed by atoms with van der Waals surface area (Å²) < 4.78 is 0. The van der Waals surface area contributed by atoms with Gasteiger partial charge in [-0.05, 0) is 92.7 Å². The van der Waals surface area contributed by atoms with Crippen LogP contribution in [-0.2, 0) is 34.5 Å². The molecular weight excluding hydrogens is 502 g/mol. The van der Waals surface area contributed by atoms with Gasteiger partial charge in [-0.15, -0.1) is 11.3 Å². The molecular formula is C28H33N5O4S. The van der Waals surface area contributed by atoms with Crippen molar-refractivity contribution in [2.24, 2.45) is 5.92 Å². The molecule has 4 aliphatic rings. The van der Waals surface area contributed by atoms with Gasteiger partial charge in [-0.25, -0.2) is 9.59 Å². The molecule has 2 aromatic rings. The van der Waals surface area contributed by atoms with Crippen LogP contribution in [-0.4, -0.2) is 53.3 Å². The Bertz CT molecular complexity index is 1370. The third-order valence-corrected chi connectivity index (χ3v) is 10.0. The quantitative estimate of drug-likeness (QED) is 0.520. The standard InChI is InChI=1S/C28H33N5O4S/c1-15-16(2)38-23-13-32(22(17-4-5-17)9-7-20(15)23)24(34)14-33-25(35)28(31-27(33)37)11-10-18-12-19(6-8-21(18)28)30-26(36)29-3/h6,8,12,17,22H,4-5,7,9-11,13-14H2,1-3H3,(H,31,37)(H2,29,30,36). The molecule has 6 rings (SSSR count). The number of nitrogens with zero attached hydrogens (tertiary/aromatic N) is 2. The van der Waals surface area contributed by atoms with Gasteiger partial charge < -0.3 is 20.9 Å². The number of carbonyl (C=O) groups is 4. The van der Waals surface area contributed by atoms with Crippen molar-refractivity contribution >= 4 is 40.9 Å². The van der Waals surface area contributed by atoms with E-state index in [-0.39, 0.29) is 30.4 Å². The minimum absolute atomic E-state index is 0.148. The summed E-state index contributed by atoms with van der Waals surface area (Å²) in [5, 5.41) is 8.18. The number of anilines is 1. The highest BCUT2D eigenvalue weighted by Crippen LogP contribution is 2.44. The normalized spacial score (nSPS) is 24.2. The Balaban J connectivity index is 1.23. The van der Waals surface area contributed by atoms with E-state index in [1.165, 1.54) is 20.9 Å². The monoisotopic (exact) mass is 535 g/mol. The predicted molar refractivity (Wildman–Crippen MR) is 144 cm³/mol. The summed E-state index contributed by atoms with van der Waals surface area (Å²) >= 11 is 1.76. The maximum Gasteiger partial charge on any atom is 0.325 e. The van der Waals surface area contributed by atoms with Crippen LogP contribution in [0.3, 0.4) is 0 Å². The first kappa shape index (κ1) is 24.9. The Hall–Kier alpha value is -3.40. The maximum atomic E-state index is 13.8. The fourth-order valence-electron chi connectivity index (χ4n) is 6.46. The summed E-state index contributed by atoms with van der Waals surface area (Å²) in [6.45, 7) is 4.59. The zero-order valence-corrected chi connectivity index (χ0v) is 22.8. The fourth-order valence-corrected chi connectivity index (χ4v) is 7.68. The third kappa shape index (κ3) is 3.97. The second kappa shape index (κ2) is 9.11. The topological polar surface area (TPSA) is 111 Å². The summed E-state index contributed by atoms with van der Waals surface area (Å²) in [7, 11) is 1.54. The number of thiophene rings is 1. The SMILES string of the molecule is CNC(=O)Nc1ccc2c(c1)CCC21NC(=O)N(CC(=O)N2Cc3sc(C)c(C)c3CCC2C2CC2)C1=O. The Morgan fingerprint density at radius 1 is 1.16 bits per heavy atom. The number of hydrogen-bond donors (Lipinski definition) is 3. The lowest BCUT2D eigenvalue weighted by atomic mass is 9.91. The van der Waals surface area contributed by atoms with Gasteiger partial charge >= 0.3 is 12.1 Å². The summed E-state index contributed by atoms with van der Waals surface area (Å²) in [6.07, 6.45) is 5.15. The van der Waals surface area contributed by atoms with E-state index in [0.717, 1.165) is 41.7 Å². The predicted octanol–water partition coefficient (Wildman–Crippen LogP) is 3.56. The minimum atomic E-state index is -1.16. The zero-order valence-electron chi connectivity index (χ0n) is 22.0. The number of hydrogen-bond acceptors (Lipinski definition) is 5. The van der Waals surface area contributed by atoms with Crippen molar-refractivity contribution in [3.05, 3.63) is 50.2 Å². The average molecular weight is 536 g/mol. The molecule has 38 heavy (non-hydrogen) atoms. The van der Waals surface area contributed by atoms with Crippen molar-refractivity contribution in [1.82, 2.24) is 20.4 Å². The lowest BCUT2D eigenvalue weighted by Crippen LogP contribution is -2.48. The number of rotatable bonds is 4. The molecule has 10 heteroatoms. The summed E-state index contributed by atoms with van der Waals surface area (Å²) in [4.78, 5) is 57.9. The van der Waals surface area contributed by atoms with Crippen molar-refractivity contribution < 1.29 is 19.2 Å². The number of nitrogens with one attached hydrogen (secondary N) is 3. The molecule has 2 atom stereocenters. The number of fused-ring (bicyclic) bond motifs is 3. The van der Waals surface area contributed by atoms with Gasteiger partial charge in [0.2, 0.25) is 5.91 Å². The van der Waals surface area contributed by atoms with Crippen LogP contribution in [0.1, 0.15) is 57.7 Å². The van der Waals surface area contributed by atoms with Crippen LogP contribution in [0.5, 0.6) is 0 Å². The molecule has 200 valence electrons. The molecule has 1 saturated heterocycles. The van der Waals surface area contributed by atoms with Crippen LogP contribution in [0, 0.1) is 19.8 Å². The number of aryl methyl sites for hydroxylation is 2. The van der Waals surface area contributed by atoms with Gasteiger partial charge in [0.15, 0.2) is 0 Å². The third-order valence-electron chi connectivity index (χ3n) is 8.77. The first-order chi connectivity index (χ1) is 18.2. The van der Waals surface area contributed by atoms with Gasteiger partial charge in [0.05, 0.1) is 6.54 Å². The Morgan fingerprint density at radius 3 is 2.68 bits per heavy atom. The van der Waals surface area contributed by atoms with Gasteiger partial charge in [0.1, 0.15) is 12.1 Å². The number of urea groups is 2. The molecule has 1 spiro atoms. The Kier molecular flexibility index (Phi) is 5.97. The fraction of sp³-hybridized carbons (Fsp3) is 0.500. The summed E-state index contributed by atoms with van der Waals surface area (Å²) in [5.41, 5.74) is 3.79. The molecule has 2 fully saturated rings. The van der Waals surface area contributed by atoms with Crippen LogP contribution in [0.4, 0.5) is 15.3 Å². The Labute approximate surface area is 225 Å². The van der Waals surface area contributed by atoms with Crippen molar-refractivity contribution in [2.75, 3.05) is 18.9 Å². The van der Waals surface area contributed by atoms with E-state index in [9.17, 15) is 19.2 Å². The molecule has 0 radical (unpaired) electrons. The van der Waals surface area contributed by atoms with Gasteiger partial charge in [-0.3, -0.25) is 14.5 Å². The van der Waals surface area contributed by atoms with E-state index in [1.54, 1.807) is 30.5 Å². The van der Waals surface area contributed by atoms with Crippen molar-refractivity contribution in [2.45, 2.75) is 70.5 Å². The van der Waals surface area contributed by atoms with Gasteiger partial charge in [0, 0.05) is 28.5 Å². The first-order valence-electron chi connectivity index (χ1n) is 13.4. The van der Waals surface area contributed by atoms with Crippen LogP contribution < -0.4 is 16.0 Å². The molecule has 3 heterocycles. The van der Waals surface area contributed by atoms with Gasteiger partial charge in [0.25, 0.3) is 5.91 Å². The molecule has 9 nitrogen and oxygen atoms in total. The Morgan fingerprint density at radius 2 is 1.95 bits per heavy atom. The molecule has 1 aromatic carbocycles. The van der Waals surface area contributed by atoms with Crippen molar-refractivity contribution in [3.8, 4) is 0 Å². The van der Waals surface area contributed by atoms with E-state index in [0.29, 0.717) is 31.0 Å². The number of carbonyl (C=O) groups excluding carboxylic acids is 4. The molecule has 0 bridgehead atoms. The van der Waals surface area contributed by atoms with Gasteiger partial charge in [-0.1, -0.05) is 6.07 Å². The lowest BCUT2D eigenvalue weighted by molar-refractivity contribution is -0.141. The molecule has 2 aliphatic heterocycles. The summed E-state index contributed by atoms with van der Waals surface area (Å²) in [6, 6.07) is 4.66. The lowest BCUT2D eigenvalue weighted by Gasteiger charge is -2.31. The highest BCUT2D eigenvalue weighted by atomic mass is 32.1. The number of imide groups is 1. The smallest absolute Gasteiger partial charge is 0.325 e.